The number of carboxylic acids is 1. The SMILES string of the molecule is CC(O)(CN1C=CN(CC(=O)O)C1)P(=O)([O-])[O-].[Na+].[Na+]. The molecule has 98 valence electrons. The molecule has 0 fully saturated rings. The van der Waals surface area contributed by atoms with E-state index >= 15 is 0 Å². The van der Waals surface area contributed by atoms with Gasteiger partial charge in [0.2, 0.25) is 0 Å². The fourth-order valence-electron chi connectivity index (χ4n) is 1.37. The molecule has 0 saturated heterocycles. The standard InChI is InChI=1S/C8H15N2O6P.2Na/c1-8(13,17(14,15)16)5-10-3-2-9(6-10)4-7(11)12;;/h2-3,13H,4-6H2,1H3,(H,11,12)(H2,14,15,16);;/q;2*+1/p-2. The quantitative estimate of drug-likeness (QED) is 0.378. The number of aliphatic hydroxyl groups is 1. The smallest absolute Gasteiger partial charge is 0.809 e. The first-order chi connectivity index (χ1) is 7.62. The molecule has 11 heteroatoms. The topological polar surface area (TPSA) is 127 Å². The van der Waals surface area contributed by atoms with Gasteiger partial charge in [-0.05, 0) is 14.5 Å². The van der Waals surface area contributed by atoms with Crippen LogP contribution in [0.15, 0.2) is 12.4 Å². The first-order valence-corrected chi connectivity index (χ1v) is 6.29. The van der Waals surface area contributed by atoms with Crippen LogP contribution in [-0.4, -0.2) is 51.1 Å². The number of hydrogen-bond donors (Lipinski definition) is 2. The minimum absolute atomic E-state index is 0. The molecule has 0 amide bonds. The average Bonchev–Trinajstić information content (AvgIpc) is 2.48. The summed E-state index contributed by atoms with van der Waals surface area (Å²) >= 11 is 0. The molecule has 0 aromatic heterocycles. The number of nitrogens with zero attached hydrogens (tertiary/aromatic N) is 2. The van der Waals surface area contributed by atoms with Gasteiger partial charge in [-0.2, -0.15) is 0 Å². The van der Waals surface area contributed by atoms with Gasteiger partial charge in [-0.15, -0.1) is 0 Å². The Hall–Kier alpha value is 0.920. The Morgan fingerprint density at radius 2 is 1.84 bits per heavy atom. The van der Waals surface area contributed by atoms with Gasteiger partial charge in [-0.3, -0.25) is 4.79 Å². The predicted molar refractivity (Wildman–Crippen MR) is 53.3 cm³/mol. The Morgan fingerprint density at radius 1 is 1.37 bits per heavy atom. The van der Waals surface area contributed by atoms with E-state index in [1.54, 1.807) is 0 Å². The van der Waals surface area contributed by atoms with Crippen molar-refractivity contribution in [3.63, 3.8) is 0 Å². The van der Waals surface area contributed by atoms with Crippen LogP contribution in [0.4, 0.5) is 0 Å². The molecule has 0 bridgehead atoms. The third-order valence-electron chi connectivity index (χ3n) is 2.28. The molecule has 1 atom stereocenters. The van der Waals surface area contributed by atoms with Crippen molar-refractivity contribution < 1.29 is 88.5 Å². The van der Waals surface area contributed by atoms with Crippen molar-refractivity contribution in [1.82, 2.24) is 9.80 Å². The van der Waals surface area contributed by atoms with Crippen LogP contribution in [0.3, 0.4) is 0 Å². The molecule has 2 N–H and O–H groups in total. The van der Waals surface area contributed by atoms with Gasteiger partial charge in [0.15, 0.2) is 0 Å². The fraction of sp³-hybridized carbons (Fsp3) is 0.625. The van der Waals surface area contributed by atoms with Gasteiger partial charge in [-0.25, -0.2) is 0 Å². The zero-order valence-corrected chi connectivity index (χ0v) is 16.0. The first kappa shape index (κ1) is 22.2. The maximum absolute atomic E-state index is 10.8. The number of carbonyl (C=O) groups is 1. The Bertz CT molecular complexity index is 385. The van der Waals surface area contributed by atoms with Crippen LogP contribution >= 0.6 is 7.60 Å². The number of carboxylic acid groups (broad SMARTS) is 1. The van der Waals surface area contributed by atoms with Gasteiger partial charge >= 0.3 is 65.1 Å². The largest absolute Gasteiger partial charge is 1.00 e. The zero-order chi connectivity index (χ0) is 13.3. The molecule has 0 saturated carbocycles. The monoisotopic (exact) mass is 310 g/mol. The van der Waals surface area contributed by atoms with E-state index in [0.29, 0.717) is 0 Å². The molecule has 1 aliphatic heterocycles. The summed E-state index contributed by atoms with van der Waals surface area (Å²) < 4.78 is 10.8. The summed E-state index contributed by atoms with van der Waals surface area (Å²) in [6.45, 7) is 0.398. The molecule has 0 aliphatic carbocycles. The van der Waals surface area contributed by atoms with Gasteiger partial charge < -0.3 is 34.4 Å². The van der Waals surface area contributed by atoms with Gasteiger partial charge in [0.1, 0.15) is 11.9 Å². The second-order valence-electron chi connectivity index (χ2n) is 4.04. The Kier molecular flexibility index (Phi) is 9.80. The molecular weight excluding hydrogens is 297 g/mol. The van der Waals surface area contributed by atoms with Crippen molar-refractivity contribution in [2.24, 2.45) is 0 Å². The summed E-state index contributed by atoms with van der Waals surface area (Å²) in [6.07, 6.45) is 2.87. The van der Waals surface area contributed by atoms with Crippen molar-refractivity contribution in [3.8, 4) is 0 Å². The molecule has 0 radical (unpaired) electrons. The van der Waals surface area contributed by atoms with E-state index in [0.717, 1.165) is 6.92 Å². The van der Waals surface area contributed by atoms with Crippen LogP contribution in [0.5, 0.6) is 0 Å². The first-order valence-electron chi connectivity index (χ1n) is 4.74. The predicted octanol–water partition coefficient (Wildman–Crippen LogP) is -8.25. The van der Waals surface area contributed by atoms with Crippen LogP contribution in [0, 0.1) is 0 Å². The summed E-state index contributed by atoms with van der Waals surface area (Å²) in [7, 11) is -5.12. The fourth-order valence-corrected chi connectivity index (χ4v) is 1.72. The number of rotatable bonds is 5. The van der Waals surface area contributed by atoms with Crippen LogP contribution in [0.1, 0.15) is 6.92 Å². The van der Waals surface area contributed by atoms with Crippen molar-refractivity contribution in [3.05, 3.63) is 12.4 Å². The van der Waals surface area contributed by atoms with E-state index in [2.05, 4.69) is 0 Å². The van der Waals surface area contributed by atoms with E-state index in [9.17, 15) is 24.3 Å². The average molecular weight is 310 g/mol. The summed E-state index contributed by atoms with van der Waals surface area (Å²) in [6, 6.07) is 0. The molecule has 1 heterocycles. The van der Waals surface area contributed by atoms with Crippen LogP contribution < -0.4 is 68.9 Å². The van der Waals surface area contributed by atoms with Gasteiger partial charge in [0, 0.05) is 12.4 Å². The minimum Gasteiger partial charge on any atom is -0.809 e. The van der Waals surface area contributed by atoms with E-state index in [4.69, 9.17) is 5.11 Å². The molecule has 1 unspecified atom stereocenters. The van der Waals surface area contributed by atoms with Crippen LogP contribution in [-0.2, 0) is 9.36 Å². The van der Waals surface area contributed by atoms with Crippen molar-refractivity contribution >= 4 is 13.6 Å². The second-order valence-corrected chi connectivity index (χ2v) is 6.00. The molecule has 8 nitrogen and oxygen atoms in total. The van der Waals surface area contributed by atoms with Gasteiger partial charge in [-0.1, -0.05) is 0 Å². The molecule has 0 spiro atoms. The zero-order valence-electron chi connectivity index (χ0n) is 11.1. The number of hydrogen-bond acceptors (Lipinski definition) is 7. The minimum atomic E-state index is -5.12. The normalized spacial score (nSPS) is 17.5. The van der Waals surface area contributed by atoms with Crippen LogP contribution in [0.25, 0.3) is 0 Å². The molecular formula is C8H13N2Na2O6P. The van der Waals surface area contributed by atoms with Gasteiger partial charge in [0.05, 0.1) is 13.2 Å². The molecule has 0 aromatic carbocycles. The Morgan fingerprint density at radius 3 is 2.26 bits per heavy atom. The Labute approximate surface area is 155 Å². The van der Waals surface area contributed by atoms with Crippen molar-refractivity contribution in [2.75, 3.05) is 19.8 Å². The summed E-state index contributed by atoms with van der Waals surface area (Å²) in [5, 5.41) is 15.6. The molecule has 0 aromatic rings. The molecule has 1 aliphatic rings. The second kappa shape index (κ2) is 8.38. The van der Waals surface area contributed by atoms with E-state index in [-0.39, 0.29) is 72.3 Å². The summed E-state index contributed by atoms with van der Waals surface area (Å²) in [4.78, 5) is 34.7. The Balaban J connectivity index is 0. The third-order valence-corrected chi connectivity index (χ3v) is 3.60. The third kappa shape index (κ3) is 6.95. The molecule has 19 heavy (non-hydrogen) atoms. The van der Waals surface area contributed by atoms with Crippen LogP contribution in [0.2, 0.25) is 0 Å². The van der Waals surface area contributed by atoms with E-state index in [1.807, 2.05) is 0 Å². The number of aliphatic carboxylic acids is 1. The maximum Gasteiger partial charge on any atom is 1.00 e. The van der Waals surface area contributed by atoms with Gasteiger partial charge in [0.25, 0.3) is 0 Å². The summed E-state index contributed by atoms with van der Waals surface area (Å²) in [5.41, 5.74) is 0. The summed E-state index contributed by atoms with van der Waals surface area (Å²) in [5.74, 6) is -1.03. The van der Waals surface area contributed by atoms with E-state index in [1.165, 1.54) is 22.2 Å². The van der Waals surface area contributed by atoms with Crippen molar-refractivity contribution in [1.29, 1.82) is 0 Å². The maximum atomic E-state index is 10.8. The number of β-amino-alcohol motifs (C(OH)–C–C–N with tert-alkyl or cyclic N) is 1. The van der Waals surface area contributed by atoms with E-state index < -0.39 is 25.5 Å². The van der Waals surface area contributed by atoms with Crippen molar-refractivity contribution in [2.45, 2.75) is 12.3 Å². The molecule has 1 rings (SSSR count).